The second-order valence-corrected chi connectivity index (χ2v) is 7.71. The highest BCUT2D eigenvalue weighted by Crippen LogP contribution is 2.31. The summed E-state index contributed by atoms with van der Waals surface area (Å²) >= 11 is 6.04. The maximum Gasteiger partial charge on any atom is 0.175 e. The van der Waals surface area contributed by atoms with Crippen LogP contribution in [0, 0.1) is 0 Å². The summed E-state index contributed by atoms with van der Waals surface area (Å²) in [5.41, 5.74) is 2.22. The van der Waals surface area contributed by atoms with Gasteiger partial charge < -0.3 is 10.1 Å². The first-order valence-electron chi connectivity index (χ1n) is 7.08. The van der Waals surface area contributed by atoms with Crippen molar-refractivity contribution in [3.63, 3.8) is 0 Å². The maximum absolute atomic E-state index is 11.8. The van der Waals surface area contributed by atoms with E-state index in [-0.39, 0.29) is 4.90 Å². The highest BCUT2D eigenvalue weighted by molar-refractivity contribution is 7.90. The fourth-order valence-electron chi connectivity index (χ4n) is 2.36. The molecule has 124 valence electrons. The molecule has 0 atom stereocenters. The smallest absolute Gasteiger partial charge is 0.175 e. The number of nitrogens with one attached hydrogen (secondary N) is 1. The van der Waals surface area contributed by atoms with Crippen LogP contribution < -0.4 is 10.1 Å². The van der Waals surface area contributed by atoms with Gasteiger partial charge in [0.05, 0.1) is 22.5 Å². The first-order chi connectivity index (χ1) is 11.4. The number of hydrogen-bond donors (Lipinski definition) is 1. The summed E-state index contributed by atoms with van der Waals surface area (Å²) in [7, 11) is -1.75. The Morgan fingerprint density at radius 3 is 2.62 bits per heavy atom. The predicted octanol–water partition coefficient (Wildman–Crippen LogP) is 4.04. The lowest BCUT2D eigenvalue weighted by molar-refractivity contribution is 0.415. The van der Waals surface area contributed by atoms with Gasteiger partial charge in [-0.05, 0) is 36.4 Å². The molecule has 1 heterocycles. The van der Waals surface area contributed by atoms with Crippen molar-refractivity contribution in [2.24, 2.45) is 0 Å². The van der Waals surface area contributed by atoms with Gasteiger partial charge in [-0.3, -0.25) is 4.98 Å². The molecule has 7 heteroatoms. The van der Waals surface area contributed by atoms with Crippen molar-refractivity contribution in [1.29, 1.82) is 0 Å². The van der Waals surface area contributed by atoms with E-state index in [0.717, 1.165) is 11.4 Å². The van der Waals surface area contributed by atoms with E-state index in [0.29, 0.717) is 21.7 Å². The molecule has 0 saturated carbocycles. The molecule has 2 aromatic carbocycles. The third-order valence-electron chi connectivity index (χ3n) is 3.57. The number of benzene rings is 2. The van der Waals surface area contributed by atoms with Crippen molar-refractivity contribution in [3.8, 4) is 5.75 Å². The highest BCUT2D eigenvalue weighted by atomic mass is 35.5. The highest BCUT2D eigenvalue weighted by Gasteiger charge is 2.11. The Morgan fingerprint density at radius 2 is 1.92 bits per heavy atom. The molecule has 0 saturated heterocycles. The minimum atomic E-state index is -3.29. The number of fused-ring (bicyclic) bond motifs is 1. The Bertz CT molecular complexity index is 1020. The minimum absolute atomic E-state index is 0.250. The van der Waals surface area contributed by atoms with Crippen LogP contribution in [0.1, 0.15) is 0 Å². The molecule has 0 spiro atoms. The van der Waals surface area contributed by atoms with Crippen LogP contribution in [0.25, 0.3) is 10.9 Å². The van der Waals surface area contributed by atoms with Crippen LogP contribution in [0.3, 0.4) is 0 Å². The third kappa shape index (κ3) is 3.29. The Hall–Kier alpha value is -2.31. The standard InChI is InChI=1S/C17H15ClN2O3S/c1-23-17-9-11(3-5-14(17)18)20-16-7-8-19-15-6-4-12(10-13(15)16)24(2,21)22/h3-10H,1-2H3,(H,19,20). The Labute approximate surface area is 145 Å². The van der Waals surface area contributed by atoms with E-state index in [4.69, 9.17) is 16.3 Å². The number of ether oxygens (including phenoxy) is 1. The van der Waals surface area contributed by atoms with E-state index < -0.39 is 9.84 Å². The monoisotopic (exact) mass is 362 g/mol. The van der Waals surface area contributed by atoms with Crippen molar-refractivity contribution < 1.29 is 13.2 Å². The van der Waals surface area contributed by atoms with Gasteiger partial charge in [-0.1, -0.05) is 11.6 Å². The average molecular weight is 363 g/mol. The third-order valence-corrected chi connectivity index (χ3v) is 4.99. The number of pyridine rings is 1. The van der Waals surface area contributed by atoms with Crippen LogP contribution in [0.4, 0.5) is 11.4 Å². The molecule has 0 aliphatic rings. The van der Waals surface area contributed by atoms with Crippen LogP contribution in [0.15, 0.2) is 53.6 Å². The molecule has 0 unspecified atom stereocenters. The molecule has 0 radical (unpaired) electrons. The normalized spacial score (nSPS) is 11.5. The Kier molecular flexibility index (Phi) is 4.34. The second-order valence-electron chi connectivity index (χ2n) is 5.28. The van der Waals surface area contributed by atoms with Gasteiger partial charge in [-0.15, -0.1) is 0 Å². The Morgan fingerprint density at radius 1 is 1.12 bits per heavy atom. The minimum Gasteiger partial charge on any atom is -0.495 e. The van der Waals surface area contributed by atoms with Gasteiger partial charge in [0, 0.05) is 35.3 Å². The summed E-state index contributed by atoms with van der Waals surface area (Å²) in [5.74, 6) is 0.553. The van der Waals surface area contributed by atoms with E-state index in [1.165, 1.54) is 6.26 Å². The average Bonchev–Trinajstić information content (AvgIpc) is 2.55. The van der Waals surface area contributed by atoms with Gasteiger partial charge in [-0.25, -0.2) is 8.42 Å². The number of anilines is 2. The zero-order valence-corrected chi connectivity index (χ0v) is 14.6. The maximum atomic E-state index is 11.8. The molecular weight excluding hydrogens is 348 g/mol. The summed E-state index contributed by atoms with van der Waals surface area (Å²) in [5, 5.41) is 4.49. The van der Waals surface area contributed by atoms with E-state index in [2.05, 4.69) is 10.3 Å². The zero-order chi connectivity index (χ0) is 17.3. The van der Waals surface area contributed by atoms with E-state index in [1.807, 2.05) is 6.07 Å². The number of nitrogens with zero attached hydrogens (tertiary/aromatic N) is 1. The largest absolute Gasteiger partial charge is 0.495 e. The van der Waals surface area contributed by atoms with E-state index >= 15 is 0 Å². The molecule has 3 rings (SSSR count). The summed E-state index contributed by atoms with van der Waals surface area (Å²) in [4.78, 5) is 4.52. The van der Waals surface area contributed by atoms with Crippen LogP contribution >= 0.6 is 11.6 Å². The van der Waals surface area contributed by atoms with Crippen molar-refractivity contribution in [3.05, 3.63) is 53.7 Å². The molecule has 3 aromatic rings. The number of hydrogen-bond acceptors (Lipinski definition) is 5. The fraction of sp³-hybridized carbons (Fsp3) is 0.118. The van der Waals surface area contributed by atoms with Gasteiger partial charge in [0.15, 0.2) is 9.84 Å². The van der Waals surface area contributed by atoms with Crippen LogP contribution in [-0.4, -0.2) is 26.8 Å². The van der Waals surface area contributed by atoms with Crippen LogP contribution in [0.5, 0.6) is 5.75 Å². The number of sulfone groups is 1. The molecule has 1 aromatic heterocycles. The SMILES string of the molecule is COc1cc(Nc2ccnc3ccc(S(C)(=O)=O)cc23)ccc1Cl. The van der Waals surface area contributed by atoms with Crippen molar-refractivity contribution >= 4 is 43.7 Å². The molecular formula is C17H15ClN2O3S. The van der Waals surface area contributed by atoms with E-state index in [9.17, 15) is 8.42 Å². The molecule has 0 amide bonds. The molecule has 0 fully saturated rings. The summed E-state index contributed by atoms with van der Waals surface area (Å²) < 4.78 is 28.8. The topological polar surface area (TPSA) is 68.3 Å². The number of halogens is 1. The lowest BCUT2D eigenvalue weighted by atomic mass is 10.2. The van der Waals surface area contributed by atoms with Crippen LogP contribution in [0.2, 0.25) is 5.02 Å². The first kappa shape index (κ1) is 16.5. The molecule has 1 N–H and O–H groups in total. The fourth-order valence-corrected chi connectivity index (χ4v) is 3.20. The molecule has 24 heavy (non-hydrogen) atoms. The van der Waals surface area contributed by atoms with Gasteiger partial charge in [0.2, 0.25) is 0 Å². The molecule has 0 aliphatic heterocycles. The van der Waals surface area contributed by atoms with Gasteiger partial charge >= 0.3 is 0 Å². The van der Waals surface area contributed by atoms with Gasteiger partial charge in [0.25, 0.3) is 0 Å². The van der Waals surface area contributed by atoms with Gasteiger partial charge in [-0.2, -0.15) is 0 Å². The zero-order valence-electron chi connectivity index (χ0n) is 13.1. The molecule has 0 aliphatic carbocycles. The van der Waals surface area contributed by atoms with Crippen molar-refractivity contribution in [2.75, 3.05) is 18.7 Å². The van der Waals surface area contributed by atoms with Crippen LogP contribution in [-0.2, 0) is 9.84 Å². The lowest BCUT2D eigenvalue weighted by Crippen LogP contribution is -1.98. The second kappa shape index (κ2) is 6.30. The van der Waals surface area contributed by atoms with Crippen molar-refractivity contribution in [2.45, 2.75) is 4.90 Å². The van der Waals surface area contributed by atoms with Gasteiger partial charge in [0.1, 0.15) is 5.75 Å². The Balaban J connectivity index is 2.09. The first-order valence-corrected chi connectivity index (χ1v) is 9.35. The lowest BCUT2D eigenvalue weighted by Gasteiger charge is -2.12. The van der Waals surface area contributed by atoms with E-state index in [1.54, 1.807) is 49.7 Å². The number of rotatable bonds is 4. The summed E-state index contributed by atoms with van der Waals surface area (Å²) in [6.07, 6.45) is 2.85. The predicted molar refractivity (Wildman–Crippen MR) is 96.1 cm³/mol. The molecule has 0 bridgehead atoms. The summed E-state index contributed by atoms with van der Waals surface area (Å²) in [6.45, 7) is 0. The number of methoxy groups -OCH3 is 1. The molecule has 5 nitrogen and oxygen atoms in total. The number of aromatic nitrogens is 1. The quantitative estimate of drug-likeness (QED) is 0.758. The summed E-state index contributed by atoms with van der Waals surface area (Å²) in [6, 6.07) is 12.0. The van der Waals surface area contributed by atoms with Crippen molar-refractivity contribution in [1.82, 2.24) is 4.98 Å².